The number of aryl methyl sites for hydroxylation is 1. The Balaban J connectivity index is 2.12. The van der Waals surface area contributed by atoms with E-state index in [1.54, 1.807) is 25.3 Å². The van der Waals surface area contributed by atoms with Gasteiger partial charge in [-0.1, -0.05) is 12.1 Å². The van der Waals surface area contributed by atoms with Crippen LogP contribution in [0.3, 0.4) is 0 Å². The summed E-state index contributed by atoms with van der Waals surface area (Å²) in [5, 5.41) is 0.731. The Hall–Kier alpha value is -2.56. The summed E-state index contributed by atoms with van der Waals surface area (Å²) in [6, 6.07) is 6.26. The van der Waals surface area contributed by atoms with E-state index < -0.39 is 0 Å². The van der Waals surface area contributed by atoms with Gasteiger partial charge in [-0.3, -0.25) is 4.79 Å². The Bertz CT molecular complexity index is 778. The third-order valence-electron chi connectivity index (χ3n) is 3.16. The van der Waals surface area contributed by atoms with E-state index >= 15 is 0 Å². The van der Waals surface area contributed by atoms with Crippen molar-refractivity contribution in [3.05, 3.63) is 58.9 Å². The van der Waals surface area contributed by atoms with Gasteiger partial charge in [-0.2, -0.15) is 0 Å². The number of aromatic amines is 1. The van der Waals surface area contributed by atoms with Crippen LogP contribution >= 0.6 is 0 Å². The Labute approximate surface area is 114 Å². The minimum Gasteiger partial charge on any atom is -0.345 e. The average Bonchev–Trinajstić information content (AvgIpc) is 2.84. The van der Waals surface area contributed by atoms with Crippen molar-refractivity contribution in [2.24, 2.45) is 0 Å². The average molecular weight is 269 g/mol. The molecule has 0 saturated heterocycles. The van der Waals surface area contributed by atoms with E-state index in [1.165, 1.54) is 12.1 Å². The number of carbonyl (C=O) groups excluding carboxylic acids is 1. The van der Waals surface area contributed by atoms with Gasteiger partial charge in [0.15, 0.2) is 6.29 Å². The highest BCUT2D eigenvalue weighted by atomic mass is 19.1. The topological polar surface area (TPSA) is 58.6 Å². The first-order valence-electron chi connectivity index (χ1n) is 6.21. The van der Waals surface area contributed by atoms with Gasteiger partial charge in [0.1, 0.15) is 17.3 Å². The maximum atomic E-state index is 12.9. The Kier molecular flexibility index (Phi) is 3.02. The van der Waals surface area contributed by atoms with Crippen LogP contribution in [0.25, 0.3) is 11.0 Å². The third-order valence-corrected chi connectivity index (χ3v) is 3.16. The highest BCUT2D eigenvalue weighted by Crippen LogP contribution is 2.21. The van der Waals surface area contributed by atoms with Crippen LogP contribution in [0.2, 0.25) is 0 Å². The standard InChI is InChI=1S/C15H12FN3O/c1-9-18-13(6-10-2-4-12(16)5-3-10)14-11(8-20)7-17-15(14)19-9/h2-5,7-8H,6H2,1H3,(H,17,18,19). The van der Waals surface area contributed by atoms with Crippen molar-refractivity contribution < 1.29 is 9.18 Å². The second kappa shape index (κ2) is 4.85. The van der Waals surface area contributed by atoms with Crippen molar-refractivity contribution >= 4 is 17.3 Å². The molecule has 4 nitrogen and oxygen atoms in total. The van der Waals surface area contributed by atoms with Gasteiger partial charge in [0, 0.05) is 18.2 Å². The number of benzene rings is 1. The molecule has 1 aromatic carbocycles. The number of carbonyl (C=O) groups is 1. The van der Waals surface area contributed by atoms with Crippen molar-refractivity contribution in [3.8, 4) is 0 Å². The van der Waals surface area contributed by atoms with Crippen LogP contribution in [-0.2, 0) is 6.42 Å². The molecule has 0 fully saturated rings. The predicted molar refractivity (Wildman–Crippen MR) is 73.2 cm³/mol. The maximum Gasteiger partial charge on any atom is 0.152 e. The molecule has 0 saturated carbocycles. The molecule has 0 unspecified atom stereocenters. The van der Waals surface area contributed by atoms with E-state index in [0.717, 1.165) is 22.9 Å². The fraction of sp³-hybridized carbons (Fsp3) is 0.133. The number of aldehydes is 1. The molecule has 2 aromatic heterocycles. The van der Waals surface area contributed by atoms with Gasteiger partial charge in [-0.05, 0) is 24.6 Å². The quantitative estimate of drug-likeness (QED) is 0.744. The monoisotopic (exact) mass is 269 g/mol. The zero-order valence-corrected chi connectivity index (χ0v) is 10.9. The highest BCUT2D eigenvalue weighted by Gasteiger charge is 2.12. The smallest absolute Gasteiger partial charge is 0.152 e. The number of H-pyrrole nitrogens is 1. The Morgan fingerprint density at radius 3 is 2.70 bits per heavy atom. The SMILES string of the molecule is Cc1nc(Cc2ccc(F)cc2)c2c(C=O)c[nH]c2n1. The van der Waals surface area contributed by atoms with Crippen LogP contribution in [-0.4, -0.2) is 21.2 Å². The molecule has 0 amide bonds. The van der Waals surface area contributed by atoms with Crippen LogP contribution in [0.5, 0.6) is 0 Å². The van der Waals surface area contributed by atoms with E-state index in [4.69, 9.17) is 0 Å². The molecule has 0 bridgehead atoms. The first kappa shape index (κ1) is 12.5. The van der Waals surface area contributed by atoms with Gasteiger partial charge >= 0.3 is 0 Å². The lowest BCUT2D eigenvalue weighted by Crippen LogP contribution is -1.99. The molecule has 0 aliphatic heterocycles. The first-order valence-corrected chi connectivity index (χ1v) is 6.21. The lowest BCUT2D eigenvalue weighted by Gasteiger charge is -2.05. The third kappa shape index (κ3) is 2.18. The lowest BCUT2D eigenvalue weighted by molar-refractivity contribution is 0.112. The molecule has 2 heterocycles. The van der Waals surface area contributed by atoms with Crippen molar-refractivity contribution in [3.63, 3.8) is 0 Å². The van der Waals surface area contributed by atoms with Crippen LogP contribution in [0.4, 0.5) is 4.39 Å². The number of rotatable bonds is 3. The zero-order chi connectivity index (χ0) is 14.1. The van der Waals surface area contributed by atoms with E-state index in [1.807, 2.05) is 0 Å². The fourth-order valence-corrected chi connectivity index (χ4v) is 2.27. The summed E-state index contributed by atoms with van der Waals surface area (Å²) in [5.41, 5.74) is 2.89. The minimum absolute atomic E-state index is 0.270. The van der Waals surface area contributed by atoms with Crippen LogP contribution in [0, 0.1) is 12.7 Å². The van der Waals surface area contributed by atoms with Crippen LogP contribution in [0.15, 0.2) is 30.5 Å². The largest absolute Gasteiger partial charge is 0.345 e. The summed E-state index contributed by atoms with van der Waals surface area (Å²) >= 11 is 0. The summed E-state index contributed by atoms with van der Waals surface area (Å²) in [6.07, 6.45) is 2.93. The van der Waals surface area contributed by atoms with Gasteiger partial charge in [0.2, 0.25) is 0 Å². The van der Waals surface area contributed by atoms with Gasteiger partial charge in [-0.15, -0.1) is 0 Å². The van der Waals surface area contributed by atoms with Gasteiger partial charge < -0.3 is 4.98 Å². The molecular formula is C15H12FN3O. The Morgan fingerprint density at radius 2 is 2.00 bits per heavy atom. The van der Waals surface area contributed by atoms with E-state index in [-0.39, 0.29) is 5.82 Å². The summed E-state index contributed by atoms with van der Waals surface area (Å²) in [4.78, 5) is 22.8. The number of halogens is 1. The van der Waals surface area contributed by atoms with Gasteiger partial charge in [0.05, 0.1) is 11.1 Å². The minimum atomic E-state index is -0.270. The zero-order valence-electron chi connectivity index (χ0n) is 10.9. The van der Waals surface area contributed by atoms with Crippen LogP contribution < -0.4 is 0 Å². The van der Waals surface area contributed by atoms with E-state index in [2.05, 4.69) is 15.0 Å². The molecule has 3 aromatic rings. The highest BCUT2D eigenvalue weighted by molar-refractivity contribution is 5.97. The molecule has 3 rings (SSSR count). The normalized spacial score (nSPS) is 10.9. The predicted octanol–water partition coefficient (Wildman–Crippen LogP) is 2.81. The molecule has 0 aliphatic rings. The van der Waals surface area contributed by atoms with Crippen molar-refractivity contribution in [2.45, 2.75) is 13.3 Å². The van der Waals surface area contributed by atoms with Crippen LogP contribution in [0.1, 0.15) is 27.4 Å². The molecule has 20 heavy (non-hydrogen) atoms. The fourth-order valence-electron chi connectivity index (χ4n) is 2.27. The number of aromatic nitrogens is 3. The molecule has 0 aliphatic carbocycles. The first-order chi connectivity index (χ1) is 9.67. The second-order valence-corrected chi connectivity index (χ2v) is 4.61. The van der Waals surface area contributed by atoms with Crippen molar-refractivity contribution in [2.75, 3.05) is 0 Å². The number of nitrogens with one attached hydrogen (secondary N) is 1. The molecular weight excluding hydrogens is 257 g/mol. The number of hydrogen-bond donors (Lipinski definition) is 1. The molecule has 1 N–H and O–H groups in total. The molecule has 0 radical (unpaired) electrons. The Morgan fingerprint density at radius 1 is 1.25 bits per heavy atom. The van der Waals surface area contributed by atoms with Crippen molar-refractivity contribution in [1.82, 2.24) is 15.0 Å². The molecule has 100 valence electrons. The number of hydrogen-bond acceptors (Lipinski definition) is 3. The second-order valence-electron chi connectivity index (χ2n) is 4.61. The van der Waals surface area contributed by atoms with E-state index in [9.17, 15) is 9.18 Å². The van der Waals surface area contributed by atoms with Gasteiger partial charge in [0.25, 0.3) is 0 Å². The lowest BCUT2D eigenvalue weighted by atomic mass is 10.1. The van der Waals surface area contributed by atoms with Crippen molar-refractivity contribution in [1.29, 1.82) is 0 Å². The summed E-state index contributed by atoms with van der Waals surface area (Å²) in [5.74, 6) is 0.363. The molecule has 0 spiro atoms. The maximum absolute atomic E-state index is 12.9. The molecule has 0 atom stereocenters. The van der Waals surface area contributed by atoms with Gasteiger partial charge in [-0.25, -0.2) is 14.4 Å². The summed E-state index contributed by atoms with van der Waals surface area (Å²) in [7, 11) is 0. The molecule has 5 heteroatoms. The number of nitrogens with zero attached hydrogens (tertiary/aromatic N) is 2. The summed E-state index contributed by atoms with van der Waals surface area (Å²) < 4.78 is 12.9. The summed E-state index contributed by atoms with van der Waals surface area (Å²) in [6.45, 7) is 1.80. The van der Waals surface area contributed by atoms with E-state index in [0.29, 0.717) is 23.5 Å². The number of fused-ring (bicyclic) bond motifs is 1.